The number of nitrogens with zero attached hydrogens (tertiary/aromatic N) is 3. The second-order valence-electron chi connectivity index (χ2n) is 8.12. The van der Waals surface area contributed by atoms with E-state index in [9.17, 15) is 0 Å². The first-order chi connectivity index (χ1) is 14.3. The molecule has 2 unspecified atom stereocenters. The number of halogens is 1. The van der Waals surface area contributed by atoms with Gasteiger partial charge in [-0.15, -0.1) is 24.0 Å². The molecule has 1 aliphatic rings. The van der Waals surface area contributed by atoms with Gasteiger partial charge in [-0.2, -0.15) is 5.10 Å². The van der Waals surface area contributed by atoms with Crippen molar-refractivity contribution in [2.24, 2.45) is 12.0 Å². The molecule has 1 aromatic carbocycles. The molecule has 0 amide bonds. The standard InChI is InChI=1S/C23H35N5O2.HI/c1-8-24-23(26-14(2)9-20-16(4)27-28(6)17(20)5)25-13-19-12-22-18(10-15(3)30-22)11-21(19)29-7;/h11-12,14-15H,8-10,13H2,1-7H3,(H2,24,25,26);1H. The van der Waals surface area contributed by atoms with Gasteiger partial charge in [0.25, 0.3) is 0 Å². The third-order valence-electron chi connectivity index (χ3n) is 5.60. The van der Waals surface area contributed by atoms with Gasteiger partial charge in [-0.25, -0.2) is 4.99 Å². The first-order valence-electron chi connectivity index (χ1n) is 10.7. The SMILES string of the molecule is CCNC(=NCc1cc2c(cc1OC)CC(C)O2)NC(C)Cc1c(C)nn(C)c1C.I. The Balaban J connectivity index is 0.00000341. The first kappa shape index (κ1) is 25.3. The minimum Gasteiger partial charge on any atom is -0.496 e. The van der Waals surface area contributed by atoms with E-state index in [0.29, 0.717) is 6.54 Å². The molecule has 3 rings (SSSR count). The largest absolute Gasteiger partial charge is 0.496 e. The number of ether oxygens (including phenoxy) is 2. The van der Waals surface area contributed by atoms with Gasteiger partial charge >= 0.3 is 0 Å². The van der Waals surface area contributed by atoms with Crippen LogP contribution in [-0.2, 0) is 26.4 Å². The minimum absolute atomic E-state index is 0. The summed E-state index contributed by atoms with van der Waals surface area (Å²) in [5.41, 5.74) is 5.81. The molecule has 0 fully saturated rings. The number of hydrogen-bond donors (Lipinski definition) is 2. The molecule has 0 bridgehead atoms. The van der Waals surface area contributed by atoms with Gasteiger partial charge in [0.2, 0.25) is 0 Å². The Kier molecular flexibility index (Phi) is 9.02. The average Bonchev–Trinajstić information content (AvgIpc) is 3.17. The number of aromatic nitrogens is 2. The zero-order chi connectivity index (χ0) is 21.8. The number of methoxy groups -OCH3 is 1. The summed E-state index contributed by atoms with van der Waals surface area (Å²) in [4.78, 5) is 4.81. The Labute approximate surface area is 203 Å². The van der Waals surface area contributed by atoms with E-state index >= 15 is 0 Å². The quantitative estimate of drug-likeness (QED) is 0.318. The van der Waals surface area contributed by atoms with E-state index in [4.69, 9.17) is 14.5 Å². The van der Waals surface area contributed by atoms with Gasteiger partial charge in [0.1, 0.15) is 17.6 Å². The summed E-state index contributed by atoms with van der Waals surface area (Å²) in [7, 11) is 3.70. The molecule has 2 N–H and O–H groups in total. The lowest BCUT2D eigenvalue weighted by molar-refractivity contribution is 0.254. The van der Waals surface area contributed by atoms with Gasteiger partial charge in [-0.3, -0.25) is 4.68 Å². The normalized spacial score (nSPS) is 16.2. The molecule has 8 heteroatoms. The number of aliphatic imine (C=N–C) groups is 1. The topological polar surface area (TPSA) is 72.7 Å². The number of rotatable bonds is 7. The molecule has 31 heavy (non-hydrogen) atoms. The highest BCUT2D eigenvalue weighted by molar-refractivity contribution is 14.0. The molecule has 2 aromatic rings. The number of aryl methyl sites for hydroxylation is 2. The smallest absolute Gasteiger partial charge is 0.191 e. The van der Waals surface area contributed by atoms with Crippen LogP contribution in [0.3, 0.4) is 0 Å². The number of hydrogen-bond acceptors (Lipinski definition) is 4. The fourth-order valence-electron chi connectivity index (χ4n) is 3.98. The summed E-state index contributed by atoms with van der Waals surface area (Å²) in [6.07, 6.45) is 2.02. The van der Waals surface area contributed by atoms with Crippen molar-refractivity contribution in [3.8, 4) is 11.5 Å². The molecule has 0 saturated carbocycles. The monoisotopic (exact) mass is 541 g/mol. The summed E-state index contributed by atoms with van der Waals surface area (Å²) in [6.45, 7) is 11.8. The molecular formula is C23H36IN5O2. The van der Waals surface area contributed by atoms with Crippen LogP contribution in [0.15, 0.2) is 17.1 Å². The van der Waals surface area contributed by atoms with Gasteiger partial charge in [0.15, 0.2) is 5.96 Å². The average molecular weight is 541 g/mol. The van der Waals surface area contributed by atoms with Crippen molar-refractivity contribution in [3.05, 3.63) is 40.2 Å². The van der Waals surface area contributed by atoms with Gasteiger partial charge in [0.05, 0.1) is 19.3 Å². The van der Waals surface area contributed by atoms with Gasteiger partial charge in [-0.1, -0.05) is 0 Å². The predicted molar refractivity (Wildman–Crippen MR) is 136 cm³/mol. The van der Waals surface area contributed by atoms with Crippen LogP contribution in [-0.4, -0.2) is 41.5 Å². The molecule has 2 atom stereocenters. The van der Waals surface area contributed by atoms with Crippen LogP contribution in [0.5, 0.6) is 11.5 Å². The Morgan fingerprint density at radius 1 is 1.39 bits per heavy atom. The van der Waals surface area contributed by atoms with Gasteiger partial charge < -0.3 is 20.1 Å². The third kappa shape index (κ3) is 6.05. The highest BCUT2D eigenvalue weighted by Gasteiger charge is 2.21. The predicted octanol–water partition coefficient (Wildman–Crippen LogP) is 3.67. The molecular weight excluding hydrogens is 505 g/mol. The van der Waals surface area contributed by atoms with E-state index in [1.165, 1.54) is 16.8 Å². The summed E-state index contributed by atoms with van der Waals surface area (Å²) in [5, 5.41) is 11.4. The van der Waals surface area contributed by atoms with Crippen molar-refractivity contribution in [1.82, 2.24) is 20.4 Å². The molecule has 1 aromatic heterocycles. The van der Waals surface area contributed by atoms with Crippen LogP contribution in [0.25, 0.3) is 0 Å². The molecule has 0 spiro atoms. The van der Waals surface area contributed by atoms with E-state index in [1.54, 1.807) is 7.11 Å². The summed E-state index contributed by atoms with van der Waals surface area (Å²) in [5.74, 6) is 2.60. The van der Waals surface area contributed by atoms with Crippen LogP contribution >= 0.6 is 24.0 Å². The lowest BCUT2D eigenvalue weighted by Crippen LogP contribution is -2.43. The fraction of sp³-hybridized carbons (Fsp3) is 0.565. The molecule has 0 radical (unpaired) electrons. The second-order valence-corrected chi connectivity index (χ2v) is 8.12. The van der Waals surface area contributed by atoms with Crippen molar-refractivity contribution in [3.63, 3.8) is 0 Å². The zero-order valence-corrected chi connectivity index (χ0v) is 22.0. The Hall–Kier alpha value is -1.97. The van der Waals surface area contributed by atoms with E-state index in [0.717, 1.165) is 48.1 Å². The molecule has 7 nitrogen and oxygen atoms in total. The van der Waals surface area contributed by atoms with Crippen LogP contribution in [0, 0.1) is 13.8 Å². The highest BCUT2D eigenvalue weighted by atomic mass is 127. The Morgan fingerprint density at radius 2 is 2.13 bits per heavy atom. The van der Waals surface area contributed by atoms with E-state index in [2.05, 4.69) is 62.5 Å². The molecule has 172 valence electrons. The summed E-state index contributed by atoms with van der Waals surface area (Å²) < 4.78 is 13.5. The first-order valence-corrected chi connectivity index (χ1v) is 10.7. The summed E-state index contributed by atoms with van der Waals surface area (Å²) >= 11 is 0. The maximum absolute atomic E-state index is 5.91. The van der Waals surface area contributed by atoms with Crippen molar-refractivity contribution >= 4 is 29.9 Å². The van der Waals surface area contributed by atoms with Crippen molar-refractivity contribution in [1.29, 1.82) is 0 Å². The Bertz CT molecular complexity index is 925. The third-order valence-corrected chi connectivity index (χ3v) is 5.60. The molecule has 1 aliphatic heterocycles. The summed E-state index contributed by atoms with van der Waals surface area (Å²) in [6, 6.07) is 4.37. The van der Waals surface area contributed by atoms with Crippen LogP contribution in [0.1, 0.15) is 48.8 Å². The molecule has 0 saturated heterocycles. The van der Waals surface area contributed by atoms with Crippen molar-refractivity contribution < 1.29 is 9.47 Å². The van der Waals surface area contributed by atoms with Crippen molar-refractivity contribution in [2.45, 2.75) is 66.2 Å². The van der Waals surface area contributed by atoms with E-state index in [-0.39, 0.29) is 36.1 Å². The van der Waals surface area contributed by atoms with Crippen LogP contribution < -0.4 is 20.1 Å². The Morgan fingerprint density at radius 3 is 2.74 bits per heavy atom. The highest BCUT2D eigenvalue weighted by Crippen LogP contribution is 2.35. The number of guanidine groups is 1. The molecule has 0 aliphatic carbocycles. The lowest BCUT2D eigenvalue weighted by Gasteiger charge is -2.18. The number of nitrogens with one attached hydrogen (secondary N) is 2. The maximum Gasteiger partial charge on any atom is 0.191 e. The van der Waals surface area contributed by atoms with E-state index < -0.39 is 0 Å². The van der Waals surface area contributed by atoms with E-state index in [1.807, 2.05) is 11.7 Å². The van der Waals surface area contributed by atoms with Crippen LogP contribution in [0.4, 0.5) is 0 Å². The maximum atomic E-state index is 5.91. The molecule has 2 heterocycles. The fourth-order valence-corrected chi connectivity index (χ4v) is 3.98. The van der Waals surface area contributed by atoms with Crippen molar-refractivity contribution in [2.75, 3.05) is 13.7 Å². The van der Waals surface area contributed by atoms with Crippen LogP contribution in [0.2, 0.25) is 0 Å². The number of fused-ring (bicyclic) bond motifs is 1. The second kappa shape index (κ2) is 11.1. The van der Waals surface area contributed by atoms with Gasteiger partial charge in [0, 0.05) is 42.9 Å². The minimum atomic E-state index is 0. The lowest BCUT2D eigenvalue weighted by atomic mass is 10.1. The van der Waals surface area contributed by atoms with Gasteiger partial charge in [-0.05, 0) is 58.7 Å². The number of benzene rings is 1. The zero-order valence-electron chi connectivity index (χ0n) is 19.7.